The number of nitrogens with one attached hydrogen (secondary N) is 1. The molecule has 0 saturated carbocycles. The normalized spacial score (nSPS) is 13.6. The molecule has 1 fully saturated rings. The highest BCUT2D eigenvalue weighted by atomic mass is 32.1. The van der Waals surface area contributed by atoms with Crippen LogP contribution in [0.1, 0.15) is 35.0 Å². The maximum absolute atomic E-state index is 11.1. The molecule has 1 saturated heterocycles. The lowest BCUT2D eigenvalue weighted by molar-refractivity contribution is 0.0387. The molecule has 1 aromatic rings. The van der Waals surface area contributed by atoms with E-state index in [-0.39, 0.29) is 5.56 Å². The SMILES string of the molecule is C=C.C=CCCN1CCOCC1.CC/C=C/c1cc(C(N)=O)c(NC(N)=O)s1. The second-order valence-electron chi connectivity index (χ2n) is 5.59. The van der Waals surface area contributed by atoms with E-state index in [1.807, 2.05) is 25.2 Å². The summed E-state index contributed by atoms with van der Waals surface area (Å²) in [4.78, 5) is 25.1. The third-order valence-corrected chi connectivity index (χ3v) is 4.54. The molecule has 2 heterocycles. The van der Waals surface area contributed by atoms with Gasteiger partial charge in [-0.1, -0.05) is 19.1 Å². The van der Waals surface area contributed by atoms with Crippen molar-refractivity contribution in [2.24, 2.45) is 11.5 Å². The van der Waals surface area contributed by atoms with Crippen molar-refractivity contribution in [1.82, 2.24) is 4.90 Å². The van der Waals surface area contributed by atoms with Gasteiger partial charge in [-0.05, 0) is 25.0 Å². The van der Waals surface area contributed by atoms with Crippen molar-refractivity contribution in [3.05, 3.63) is 48.4 Å². The number of thiophene rings is 1. The summed E-state index contributed by atoms with van der Waals surface area (Å²) in [5, 5.41) is 2.76. The van der Waals surface area contributed by atoms with Gasteiger partial charge in [0.2, 0.25) is 0 Å². The van der Waals surface area contributed by atoms with Crippen molar-refractivity contribution in [2.75, 3.05) is 38.2 Å². The van der Waals surface area contributed by atoms with Gasteiger partial charge in [-0.15, -0.1) is 31.1 Å². The van der Waals surface area contributed by atoms with E-state index in [0.717, 1.165) is 50.6 Å². The van der Waals surface area contributed by atoms with Crippen molar-refractivity contribution in [1.29, 1.82) is 0 Å². The molecule has 28 heavy (non-hydrogen) atoms. The average molecular weight is 409 g/mol. The molecule has 1 aliphatic heterocycles. The van der Waals surface area contributed by atoms with Crippen LogP contribution in [-0.2, 0) is 4.74 Å². The number of nitrogens with two attached hydrogens (primary N) is 2. The first-order valence-corrected chi connectivity index (χ1v) is 9.87. The summed E-state index contributed by atoms with van der Waals surface area (Å²) in [6.07, 6.45) is 7.77. The Balaban J connectivity index is 0.000000520. The van der Waals surface area contributed by atoms with Crippen LogP contribution >= 0.6 is 11.3 Å². The number of nitrogens with zero attached hydrogens (tertiary/aromatic N) is 1. The predicted octanol–water partition coefficient (Wildman–Crippen LogP) is 3.46. The Hall–Kier alpha value is -2.42. The molecule has 0 spiro atoms. The molecule has 3 amide bonds. The predicted molar refractivity (Wildman–Crippen MR) is 119 cm³/mol. The molecule has 1 aromatic heterocycles. The second kappa shape index (κ2) is 15.6. The third-order valence-electron chi connectivity index (χ3n) is 3.52. The minimum atomic E-state index is -0.713. The van der Waals surface area contributed by atoms with E-state index in [2.05, 4.69) is 30.0 Å². The largest absolute Gasteiger partial charge is 0.379 e. The van der Waals surface area contributed by atoms with Crippen LogP contribution in [0.2, 0.25) is 0 Å². The van der Waals surface area contributed by atoms with Crippen LogP contribution in [0.5, 0.6) is 0 Å². The minimum Gasteiger partial charge on any atom is -0.379 e. The van der Waals surface area contributed by atoms with Crippen LogP contribution in [0.25, 0.3) is 6.08 Å². The Morgan fingerprint density at radius 2 is 1.96 bits per heavy atom. The van der Waals surface area contributed by atoms with Crippen LogP contribution in [0.15, 0.2) is 38.0 Å². The van der Waals surface area contributed by atoms with Crippen molar-refractivity contribution < 1.29 is 14.3 Å². The molecule has 8 heteroatoms. The molecular formula is C20H32N4O3S. The molecule has 7 nitrogen and oxygen atoms in total. The molecular weight excluding hydrogens is 376 g/mol. The summed E-state index contributed by atoms with van der Waals surface area (Å²) in [5.74, 6) is -0.587. The zero-order valence-corrected chi connectivity index (χ0v) is 17.4. The van der Waals surface area contributed by atoms with Gasteiger partial charge in [-0.3, -0.25) is 15.0 Å². The third kappa shape index (κ3) is 10.7. The van der Waals surface area contributed by atoms with Gasteiger partial charge in [0.05, 0.1) is 18.8 Å². The highest BCUT2D eigenvalue weighted by Gasteiger charge is 2.13. The van der Waals surface area contributed by atoms with E-state index in [1.165, 1.54) is 11.3 Å². The van der Waals surface area contributed by atoms with Crippen LogP contribution in [-0.4, -0.2) is 49.7 Å². The van der Waals surface area contributed by atoms with E-state index in [1.54, 1.807) is 6.07 Å². The highest BCUT2D eigenvalue weighted by Crippen LogP contribution is 2.28. The number of hydrogen-bond donors (Lipinski definition) is 3. The summed E-state index contributed by atoms with van der Waals surface area (Å²) in [6.45, 7) is 16.8. The monoisotopic (exact) mass is 408 g/mol. The zero-order chi connectivity index (χ0) is 21.4. The van der Waals surface area contributed by atoms with Crippen molar-refractivity contribution in [2.45, 2.75) is 19.8 Å². The molecule has 0 unspecified atom stereocenters. The lowest BCUT2D eigenvalue weighted by Crippen LogP contribution is -2.36. The van der Waals surface area contributed by atoms with E-state index in [9.17, 15) is 9.59 Å². The van der Waals surface area contributed by atoms with Gasteiger partial charge in [0.15, 0.2) is 0 Å². The molecule has 2 rings (SSSR count). The van der Waals surface area contributed by atoms with E-state index >= 15 is 0 Å². The summed E-state index contributed by atoms with van der Waals surface area (Å²) >= 11 is 1.26. The van der Waals surface area contributed by atoms with Crippen LogP contribution in [0, 0.1) is 0 Å². The fourth-order valence-electron chi connectivity index (χ4n) is 2.21. The second-order valence-corrected chi connectivity index (χ2v) is 6.67. The fraction of sp³-hybridized carbons (Fsp3) is 0.400. The standard InChI is InChI=1S/C10H13N3O2S.C8H15NO.C2H4/c1-2-3-4-6-5-7(8(11)14)9(16-6)13-10(12)15;1-2-3-4-9-5-7-10-8-6-9;1-2/h3-5H,2H2,1H3,(H2,11,14)(H3,12,13,15);2H,1,3-8H2;1-2H2/b4-3+;;. The summed E-state index contributed by atoms with van der Waals surface area (Å²) in [5.41, 5.74) is 10.5. The molecule has 0 aromatic carbocycles. The highest BCUT2D eigenvalue weighted by molar-refractivity contribution is 7.17. The van der Waals surface area contributed by atoms with E-state index in [0.29, 0.717) is 5.00 Å². The molecule has 0 radical (unpaired) electrons. The summed E-state index contributed by atoms with van der Waals surface area (Å²) in [6, 6.07) is 0.917. The van der Waals surface area contributed by atoms with Gasteiger partial charge >= 0.3 is 6.03 Å². The van der Waals surface area contributed by atoms with Crippen LogP contribution in [0.4, 0.5) is 9.80 Å². The Kier molecular flexibility index (Phi) is 14.3. The Morgan fingerprint density at radius 1 is 1.32 bits per heavy atom. The number of carbonyl (C=O) groups is 2. The number of allylic oxidation sites excluding steroid dienone is 1. The van der Waals surface area contributed by atoms with Gasteiger partial charge < -0.3 is 16.2 Å². The zero-order valence-electron chi connectivity index (χ0n) is 16.6. The molecule has 0 aliphatic carbocycles. The lowest BCUT2D eigenvalue weighted by atomic mass is 10.2. The maximum atomic E-state index is 11.1. The molecule has 156 valence electrons. The first-order chi connectivity index (χ1) is 13.5. The van der Waals surface area contributed by atoms with Gasteiger partial charge in [0, 0.05) is 24.5 Å². The molecule has 0 bridgehead atoms. The Bertz CT molecular complexity index is 637. The number of hydrogen-bond acceptors (Lipinski definition) is 5. The first kappa shape index (κ1) is 25.6. The smallest absolute Gasteiger partial charge is 0.317 e. The number of ether oxygens (including phenoxy) is 1. The number of carbonyl (C=O) groups excluding carboxylic acids is 2. The number of morpholine rings is 1. The Morgan fingerprint density at radius 3 is 2.46 bits per heavy atom. The Labute approximate surface area is 171 Å². The van der Waals surface area contributed by atoms with Crippen molar-refractivity contribution >= 4 is 34.4 Å². The van der Waals surface area contributed by atoms with Gasteiger partial charge in [0.1, 0.15) is 5.00 Å². The number of primary amides is 2. The average Bonchev–Trinajstić information content (AvgIpc) is 3.10. The summed E-state index contributed by atoms with van der Waals surface area (Å²) < 4.78 is 5.21. The van der Waals surface area contributed by atoms with Crippen LogP contribution in [0.3, 0.4) is 0 Å². The fourth-order valence-corrected chi connectivity index (χ4v) is 3.21. The van der Waals surface area contributed by atoms with Gasteiger partial charge in [-0.25, -0.2) is 4.79 Å². The van der Waals surface area contributed by atoms with Crippen molar-refractivity contribution in [3.8, 4) is 0 Å². The van der Waals surface area contributed by atoms with Gasteiger partial charge in [0.25, 0.3) is 5.91 Å². The van der Waals surface area contributed by atoms with Gasteiger partial charge in [-0.2, -0.15) is 0 Å². The number of amides is 3. The number of anilines is 1. The van der Waals surface area contributed by atoms with Crippen molar-refractivity contribution in [3.63, 3.8) is 0 Å². The van der Waals surface area contributed by atoms with E-state index < -0.39 is 11.9 Å². The lowest BCUT2D eigenvalue weighted by Gasteiger charge is -2.25. The first-order valence-electron chi connectivity index (χ1n) is 9.05. The quantitative estimate of drug-likeness (QED) is 0.600. The molecule has 5 N–H and O–H groups in total. The number of urea groups is 1. The topological polar surface area (TPSA) is 111 Å². The molecule has 0 atom stereocenters. The maximum Gasteiger partial charge on any atom is 0.317 e. The van der Waals surface area contributed by atoms with E-state index in [4.69, 9.17) is 16.2 Å². The van der Waals surface area contributed by atoms with Crippen LogP contribution < -0.4 is 16.8 Å². The minimum absolute atomic E-state index is 0.277. The number of rotatable bonds is 7. The summed E-state index contributed by atoms with van der Waals surface area (Å²) in [7, 11) is 0. The molecule has 1 aliphatic rings.